The number of hydrogen-bond acceptors (Lipinski definition) is 4. The van der Waals surface area contributed by atoms with E-state index in [1.54, 1.807) is 0 Å². The molecule has 0 aliphatic carbocycles. The van der Waals surface area contributed by atoms with Crippen LogP contribution in [-0.2, 0) is 0 Å². The molecule has 2 heterocycles. The zero-order chi connectivity index (χ0) is 31.2. The van der Waals surface area contributed by atoms with Crippen LogP contribution in [0.1, 0.15) is 0 Å². The van der Waals surface area contributed by atoms with Gasteiger partial charge in [-0.3, -0.25) is 0 Å². The molecule has 47 heavy (non-hydrogen) atoms. The molecule has 0 atom stereocenters. The number of rotatable bonds is 5. The highest BCUT2D eigenvalue weighted by molar-refractivity contribution is 7.25. The summed E-state index contributed by atoms with van der Waals surface area (Å²) in [5.41, 5.74) is 7.49. The fourth-order valence-corrected chi connectivity index (χ4v) is 7.42. The Balaban J connectivity index is 1.11. The van der Waals surface area contributed by atoms with Gasteiger partial charge in [-0.25, -0.2) is 15.0 Å². The second-order valence-corrected chi connectivity index (χ2v) is 12.8. The van der Waals surface area contributed by atoms with Crippen molar-refractivity contribution < 1.29 is 0 Å². The van der Waals surface area contributed by atoms with Gasteiger partial charge in [0.25, 0.3) is 0 Å². The summed E-state index contributed by atoms with van der Waals surface area (Å²) >= 11 is 1.84. The highest BCUT2D eigenvalue weighted by atomic mass is 32.1. The third-order valence-electron chi connectivity index (χ3n) is 8.73. The van der Waals surface area contributed by atoms with Gasteiger partial charge >= 0.3 is 0 Å². The molecule has 7 aromatic carbocycles. The van der Waals surface area contributed by atoms with Crippen LogP contribution in [-0.4, -0.2) is 15.0 Å². The minimum Gasteiger partial charge on any atom is -0.208 e. The van der Waals surface area contributed by atoms with E-state index in [1.165, 1.54) is 42.1 Å². The van der Waals surface area contributed by atoms with Gasteiger partial charge in [0.2, 0.25) is 0 Å². The summed E-state index contributed by atoms with van der Waals surface area (Å²) in [6, 6.07) is 57.6. The zero-order valence-electron chi connectivity index (χ0n) is 25.3. The van der Waals surface area contributed by atoms with Crippen LogP contribution in [0.3, 0.4) is 0 Å². The van der Waals surface area contributed by atoms with E-state index < -0.39 is 0 Å². The minimum atomic E-state index is 0.649. The summed E-state index contributed by atoms with van der Waals surface area (Å²) in [4.78, 5) is 15.0. The average molecular weight is 618 g/mol. The molecule has 2 aromatic heterocycles. The number of benzene rings is 7. The molecule has 4 heteroatoms. The van der Waals surface area contributed by atoms with E-state index in [-0.39, 0.29) is 0 Å². The third-order valence-corrected chi connectivity index (χ3v) is 9.86. The first-order valence-electron chi connectivity index (χ1n) is 15.7. The molecule has 0 saturated carbocycles. The maximum Gasteiger partial charge on any atom is 0.164 e. The molecule has 0 saturated heterocycles. The summed E-state index contributed by atoms with van der Waals surface area (Å²) in [5.74, 6) is 1.95. The van der Waals surface area contributed by atoms with Gasteiger partial charge in [0.1, 0.15) is 0 Å². The van der Waals surface area contributed by atoms with Gasteiger partial charge in [0.05, 0.1) is 0 Å². The Hall–Kier alpha value is -5.97. The van der Waals surface area contributed by atoms with Crippen LogP contribution >= 0.6 is 11.3 Å². The molecule has 0 amide bonds. The summed E-state index contributed by atoms with van der Waals surface area (Å²) in [7, 11) is 0. The molecule has 0 fully saturated rings. The fraction of sp³-hybridized carbons (Fsp3) is 0. The van der Waals surface area contributed by atoms with Gasteiger partial charge < -0.3 is 0 Å². The second-order valence-electron chi connectivity index (χ2n) is 11.7. The Kier molecular flexibility index (Phi) is 6.65. The lowest BCUT2D eigenvalue weighted by atomic mass is 10.00. The Morgan fingerprint density at radius 2 is 0.830 bits per heavy atom. The van der Waals surface area contributed by atoms with E-state index in [0.717, 1.165) is 27.8 Å². The predicted octanol–water partition coefficient (Wildman–Crippen LogP) is 11.7. The standard InChI is InChI=1S/C43H27N3S/c1-2-10-30(11-3-1)41-44-42(31-20-17-29(18-21-31)34-22-19-28-9-4-5-12-32(28)25-34)46-43(45-41)36-14-8-13-33(26-36)35-23-24-38-37-15-6-7-16-39(37)47-40(38)27-35/h1-27H. The lowest BCUT2D eigenvalue weighted by molar-refractivity contribution is 1.07. The van der Waals surface area contributed by atoms with Crippen molar-refractivity contribution in [2.24, 2.45) is 0 Å². The number of nitrogens with zero attached hydrogens (tertiary/aromatic N) is 3. The molecule has 0 radical (unpaired) electrons. The first kappa shape index (κ1) is 27.3. The van der Waals surface area contributed by atoms with Crippen molar-refractivity contribution in [2.45, 2.75) is 0 Å². The molecule has 0 spiro atoms. The quantitative estimate of drug-likeness (QED) is 0.193. The number of thiophene rings is 1. The lowest BCUT2D eigenvalue weighted by Crippen LogP contribution is -2.00. The van der Waals surface area contributed by atoms with E-state index in [0.29, 0.717) is 17.5 Å². The van der Waals surface area contributed by atoms with E-state index in [9.17, 15) is 0 Å². The van der Waals surface area contributed by atoms with Crippen molar-refractivity contribution in [1.29, 1.82) is 0 Å². The largest absolute Gasteiger partial charge is 0.208 e. The van der Waals surface area contributed by atoms with Crippen molar-refractivity contribution in [3.63, 3.8) is 0 Å². The lowest BCUT2D eigenvalue weighted by Gasteiger charge is -2.10. The molecule has 0 unspecified atom stereocenters. The van der Waals surface area contributed by atoms with Crippen molar-refractivity contribution in [3.8, 4) is 56.4 Å². The number of fused-ring (bicyclic) bond motifs is 4. The molecule has 9 aromatic rings. The van der Waals surface area contributed by atoms with Crippen LogP contribution in [0.25, 0.3) is 87.4 Å². The Morgan fingerprint density at radius 3 is 1.66 bits per heavy atom. The van der Waals surface area contributed by atoms with E-state index >= 15 is 0 Å². The average Bonchev–Trinajstić information content (AvgIpc) is 3.53. The van der Waals surface area contributed by atoms with Gasteiger partial charge in [-0.1, -0.05) is 140 Å². The Morgan fingerprint density at radius 1 is 0.298 bits per heavy atom. The second kappa shape index (κ2) is 11.4. The molecular formula is C43H27N3S. The molecule has 0 N–H and O–H groups in total. The zero-order valence-corrected chi connectivity index (χ0v) is 26.2. The maximum atomic E-state index is 5.04. The Labute approximate surface area is 276 Å². The van der Waals surface area contributed by atoms with Crippen molar-refractivity contribution >= 4 is 42.3 Å². The number of hydrogen-bond donors (Lipinski definition) is 0. The first-order chi connectivity index (χ1) is 23.2. The van der Waals surface area contributed by atoms with Crippen molar-refractivity contribution in [3.05, 3.63) is 164 Å². The van der Waals surface area contributed by atoms with Gasteiger partial charge in [-0.05, 0) is 57.3 Å². The van der Waals surface area contributed by atoms with Crippen LogP contribution in [0.2, 0.25) is 0 Å². The maximum absolute atomic E-state index is 5.04. The smallest absolute Gasteiger partial charge is 0.164 e. The summed E-state index contributed by atoms with van der Waals surface area (Å²) in [6.07, 6.45) is 0. The molecule has 0 aliphatic rings. The highest BCUT2D eigenvalue weighted by Crippen LogP contribution is 2.37. The Bertz CT molecular complexity index is 2570. The molecule has 9 rings (SSSR count). The van der Waals surface area contributed by atoms with Gasteiger partial charge in [0.15, 0.2) is 17.5 Å². The van der Waals surface area contributed by atoms with Crippen LogP contribution in [0.4, 0.5) is 0 Å². The van der Waals surface area contributed by atoms with Gasteiger partial charge in [-0.15, -0.1) is 11.3 Å². The van der Waals surface area contributed by atoms with Gasteiger partial charge in [0, 0.05) is 36.9 Å². The molecule has 3 nitrogen and oxygen atoms in total. The molecular weight excluding hydrogens is 591 g/mol. The minimum absolute atomic E-state index is 0.649. The molecule has 0 aliphatic heterocycles. The summed E-state index contributed by atoms with van der Waals surface area (Å²) in [6.45, 7) is 0. The first-order valence-corrected chi connectivity index (χ1v) is 16.5. The fourth-order valence-electron chi connectivity index (χ4n) is 6.27. The van der Waals surface area contributed by atoms with E-state index in [1.807, 2.05) is 41.7 Å². The van der Waals surface area contributed by atoms with Crippen LogP contribution in [0.5, 0.6) is 0 Å². The predicted molar refractivity (Wildman–Crippen MR) is 197 cm³/mol. The highest BCUT2D eigenvalue weighted by Gasteiger charge is 2.14. The van der Waals surface area contributed by atoms with Crippen LogP contribution < -0.4 is 0 Å². The van der Waals surface area contributed by atoms with E-state index in [2.05, 4.69) is 133 Å². The third kappa shape index (κ3) is 5.15. The van der Waals surface area contributed by atoms with E-state index in [4.69, 9.17) is 15.0 Å². The van der Waals surface area contributed by atoms with Crippen molar-refractivity contribution in [1.82, 2.24) is 15.0 Å². The number of aromatic nitrogens is 3. The SMILES string of the molecule is c1ccc(-c2nc(-c3ccc(-c4ccc5ccccc5c4)cc3)nc(-c3cccc(-c4ccc5c(c4)sc4ccccc45)c3)n2)cc1. The van der Waals surface area contributed by atoms with Crippen LogP contribution in [0, 0.1) is 0 Å². The summed E-state index contributed by atoms with van der Waals surface area (Å²) < 4.78 is 2.60. The molecule has 220 valence electrons. The summed E-state index contributed by atoms with van der Waals surface area (Å²) in [5, 5.41) is 5.08. The van der Waals surface area contributed by atoms with Crippen molar-refractivity contribution in [2.75, 3.05) is 0 Å². The topological polar surface area (TPSA) is 38.7 Å². The normalized spacial score (nSPS) is 11.4. The molecule has 0 bridgehead atoms. The van der Waals surface area contributed by atoms with Gasteiger partial charge in [-0.2, -0.15) is 0 Å². The van der Waals surface area contributed by atoms with Crippen LogP contribution in [0.15, 0.2) is 164 Å². The monoisotopic (exact) mass is 617 g/mol.